The molecule has 0 aliphatic carbocycles. The Hall–Kier alpha value is -1.74. The van der Waals surface area contributed by atoms with Crippen molar-refractivity contribution in [2.75, 3.05) is 6.26 Å². The molecule has 0 saturated heterocycles. The summed E-state index contributed by atoms with van der Waals surface area (Å²) in [6.07, 6.45) is 2.21. The third-order valence-electron chi connectivity index (χ3n) is 3.06. The second-order valence-corrected chi connectivity index (χ2v) is 5.24. The maximum absolute atomic E-state index is 12.4. The Bertz CT molecular complexity index is 566. The second-order valence-electron chi connectivity index (χ2n) is 4.40. The van der Waals surface area contributed by atoms with Gasteiger partial charge in [0, 0.05) is 10.5 Å². The van der Waals surface area contributed by atoms with Gasteiger partial charge < -0.3 is 4.74 Å². The van der Waals surface area contributed by atoms with Crippen molar-refractivity contribution >= 4 is 17.5 Å². The number of hydrogen-bond donors (Lipinski definition) is 0. The van der Waals surface area contributed by atoms with Gasteiger partial charge in [0.05, 0.1) is 0 Å². The molecule has 1 unspecified atom stereocenters. The van der Waals surface area contributed by atoms with Crippen molar-refractivity contribution in [3.8, 4) is 5.75 Å². The normalized spacial score (nSPS) is 11.9. The fourth-order valence-corrected chi connectivity index (χ4v) is 2.51. The topological polar surface area (TPSA) is 26.3 Å². The first kappa shape index (κ1) is 14.7. The summed E-state index contributed by atoms with van der Waals surface area (Å²) >= 11 is 1.62. The minimum atomic E-state index is -0.439. The predicted octanol–water partition coefficient (Wildman–Crippen LogP) is 4.45. The minimum absolute atomic E-state index is 0.0315. The third kappa shape index (κ3) is 3.42. The van der Waals surface area contributed by atoms with E-state index in [9.17, 15) is 4.79 Å². The summed E-state index contributed by atoms with van der Waals surface area (Å²) in [6.45, 7) is 1.97. The Morgan fingerprint density at radius 3 is 2.40 bits per heavy atom. The van der Waals surface area contributed by atoms with Crippen molar-refractivity contribution in [2.45, 2.75) is 24.3 Å². The molecule has 0 aromatic heterocycles. The average molecular weight is 286 g/mol. The Balaban J connectivity index is 2.19. The van der Waals surface area contributed by atoms with Gasteiger partial charge in [-0.3, -0.25) is 4.79 Å². The summed E-state index contributed by atoms with van der Waals surface area (Å²) < 4.78 is 5.93. The largest absolute Gasteiger partial charge is 0.481 e. The molecule has 104 valence electrons. The molecule has 0 spiro atoms. The van der Waals surface area contributed by atoms with E-state index in [1.807, 2.05) is 67.8 Å². The molecule has 20 heavy (non-hydrogen) atoms. The average Bonchev–Trinajstić information content (AvgIpc) is 2.53. The van der Waals surface area contributed by atoms with Gasteiger partial charge in [0.25, 0.3) is 0 Å². The number of ketones is 1. The molecule has 0 amide bonds. The van der Waals surface area contributed by atoms with Crippen LogP contribution < -0.4 is 4.74 Å². The number of carbonyl (C=O) groups excluding carboxylic acids is 1. The number of rotatable bonds is 6. The molecule has 0 fully saturated rings. The smallest absolute Gasteiger partial charge is 0.203 e. The molecule has 3 heteroatoms. The lowest BCUT2D eigenvalue weighted by atomic mass is 10.0. The van der Waals surface area contributed by atoms with Crippen molar-refractivity contribution in [3.05, 3.63) is 60.2 Å². The zero-order valence-electron chi connectivity index (χ0n) is 11.7. The summed E-state index contributed by atoms with van der Waals surface area (Å²) in [5.74, 6) is 0.806. The van der Waals surface area contributed by atoms with E-state index in [1.165, 1.54) is 0 Å². The number of Topliss-reactive ketones (excluding diaryl/α,β-unsaturated/α-hetero) is 1. The molecule has 0 radical (unpaired) electrons. The second kappa shape index (κ2) is 7.15. The van der Waals surface area contributed by atoms with Gasteiger partial charge in [0.15, 0.2) is 6.10 Å². The Labute approximate surface area is 124 Å². The van der Waals surface area contributed by atoms with Gasteiger partial charge in [-0.2, -0.15) is 0 Å². The van der Waals surface area contributed by atoms with Gasteiger partial charge in [-0.1, -0.05) is 49.4 Å². The van der Waals surface area contributed by atoms with Crippen LogP contribution in [0.3, 0.4) is 0 Å². The van der Waals surface area contributed by atoms with Gasteiger partial charge >= 0.3 is 0 Å². The van der Waals surface area contributed by atoms with E-state index >= 15 is 0 Å². The van der Waals surface area contributed by atoms with Crippen LogP contribution in [0.5, 0.6) is 5.75 Å². The molecular formula is C17H18O2S. The van der Waals surface area contributed by atoms with E-state index < -0.39 is 6.10 Å². The van der Waals surface area contributed by atoms with E-state index in [-0.39, 0.29) is 5.78 Å². The maximum atomic E-state index is 12.4. The molecule has 0 heterocycles. The van der Waals surface area contributed by atoms with E-state index in [4.69, 9.17) is 4.74 Å². The van der Waals surface area contributed by atoms with Gasteiger partial charge in [-0.15, -0.1) is 11.8 Å². The number of thioether (sulfide) groups is 1. The predicted molar refractivity (Wildman–Crippen MR) is 83.7 cm³/mol. The van der Waals surface area contributed by atoms with Crippen molar-refractivity contribution < 1.29 is 9.53 Å². The first-order chi connectivity index (χ1) is 9.76. The Kier molecular flexibility index (Phi) is 5.24. The van der Waals surface area contributed by atoms with Gasteiger partial charge in [-0.05, 0) is 24.8 Å². The van der Waals surface area contributed by atoms with Crippen LogP contribution in [0.4, 0.5) is 0 Å². The molecule has 2 aromatic carbocycles. The summed E-state index contributed by atoms with van der Waals surface area (Å²) in [7, 11) is 0. The SMILES string of the molecule is CCC(Oc1ccccc1SC)C(=O)c1ccccc1. The van der Waals surface area contributed by atoms with E-state index in [0.29, 0.717) is 12.0 Å². The summed E-state index contributed by atoms with van der Waals surface area (Å²) in [6, 6.07) is 17.1. The van der Waals surface area contributed by atoms with E-state index in [0.717, 1.165) is 10.6 Å². The molecule has 1 atom stereocenters. The quantitative estimate of drug-likeness (QED) is 0.579. The van der Waals surface area contributed by atoms with Gasteiger partial charge in [-0.25, -0.2) is 0 Å². The van der Waals surface area contributed by atoms with Crippen LogP contribution in [-0.4, -0.2) is 18.1 Å². The fraction of sp³-hybridized carbons (Fsp3) is 0.235. The highest BCUT2D eigenvalue weighted by molar-refractivity contribution is 7.98. The molecule has 0 N–H and O–H groups in total. The van der Waals surface area contributed by atoms with Crippen LogP contribution >= 0.6 is 11.8 Å². The number of benzene rings is 2. The first-order valence-electron chi connectivity index (χ1n) is 6.65. The molecule has 2 aromatic rings. The van der Waals surface area contributed by atoms with Gasteiger partial charge in [0.2, 0.25) is 5.78 Å². The highest BCUT2D eigenvalue weighted by Crippen LogP contribution is 2.28. The lowest BCUT2D eigenvalue weighted by Gasteiger charge is -2.18. The highest BCUT2D eigenvalue weighted by Gasteiger charge is 2.20. The maximum Gasteiger partial charge on any atom is 0.203 e. The van der Waals surface area contributed by atoms with Gasteiger partial charge in [0.1, 0.15) is 5.75 Å². The first-order valence-corrected chi connectivity index (χ1v) is 7.87. The molecule has 0 saturated carbocycles. The van der Waals surface area contributed by atoms with Crippen LogP contribution in [0.25, 0.3) is 0 Å². The summed E-state index contributed by atoms with van der Waals surface area (Å²) in [5, 5.41) is 0. The summed E-state index contributed by atoms with van der Waals surface area (Å²) in [5.41, 5.74) is 0.695. The monoisotopic (exact) mass is 286 g/mol. The van der Waals surface area contributed by atoms with Crippen molar-refractivity contribution in [2.24, 2.45) is 0 Å². The van der Waals surface area contributed by atoms with Crippen molar-refractivity contribution in [3.63, 3.8) is 0 Å². The van der Waals surface area contributed by atoms with Crippen LogP contribution in [0.1, 0.15) is 23.7 Å². The number of hydrogen-bond acceptors (Lipinski definition) is 3. The minimum Gasteiger partial charge on any atom is -0.481 e. The van der Waals surface area contributed by atoms with Crippen LogP contribution in [0.2, 0.25) is 0 Å². The third-order valence-corrected chi connectivity index (χ3v) is 3.84. The number of para-hydroxylation sites is 1. The molecular weight excluding hydrogens is 268 g/mol. The molecule has 0 bridgehead atoms. The van der Waals surface area contributed by atoms with Crippen molar-refractivity contribution in [1.82, 2.24) is 0 Å². The van der Waals surface area contributed by atoms with E-state index in [2.05, 4.69) is 0 Å². The standard InChI is InChI=1S/C17H18O2S/c1-3-14(17(18)13-9-5-4-6-10-13)19-15-11-7-8-12-16(15)20-2/h4-12,14H,3H2,1-2H3. The fourth-order valence-electron chi connectivity index (χ4n) is 1.98. The van der Waals surface area contributed by atoms with Crippen LogP contribution in [0, 0.1) is 0 Å². The zero-order valence-corrected chi connectivity index (χ0v) is 12.5. The Morgan fingerprint density at radius 1 is 1.10 bits per heavy atom. The van der Waals surface area contributed by atoms with E-state index in [1.54, 1.807) is 11.8 Å². The lowest BCUT2D eigenvalue weighted by Crippen LogP contribution is -2.26. The highest BCUT2D eigenvalue weighted by atomic mass is 32.2. The number of carbonyl (C=O) groups is 1. The molecule has 0 aliphatic rings. The summed E-state index contributed by atoms with van der Waals surface area (Å²) in [4.78, 5) is 13.5. The van der Waals surface area contributed by atoms with Crippen LogP contribution in [-0.2, 0) is 0 Å². The lowest BCUT2D eigenvalue weighted by molar-refractivity contribution is 0.0782. The molecule has 0 aliphatic heterocycles. The number of ether oxygens (including phenoxy) is 1. The molecule has 2 nitrogen and oxygen atoms in total. The van der Waals surface area contributed by atoms with Crippen molar-refractivity contribution in [1.29, 1.82) is 0 Å². The van der Waals surface area contributed by atoms with Crippen LogP contribution in [0.15, 0.2) is 59.5 Å². The zero-order chi connectivity index (χ0) is 14.4. The molecule has 2 rings (SSSR count). The Morgan fingerprint density at radius 2 is 1.75 bits per heavy atom.